The lowest BCUT2D eigenvalue weighted by atomic mass is 10.1. The van der Waals surface area contributed by atoms with Crippen molar-refractivity contribution in [3.63, 3.8) is 0 Å². The molecule has 0 bridgehead atoms. The van der Waals surface area contributed by atoms with Crippen LogP contribution in [-0.2, 0) is 6.54 Å². The van der Waals surface area contributed by atoms with Crippen molar-refractivity contribution in [3.8, 4) is 5.75 Å². The Kier molecular flexibility index (Phi) is 4.68. The van der Waals surface area contributed by atoms with Crippen LogP contribution in [0.5, 0.6) is 5.75 Å². The lowest BCUT2D eigenvalue weighted by Gasteiger charge is -2.23. The van der Waals surface area contributed by atoms with Gasteiger partial charge >= 0.3 is 0 Å². The molecule has 5 nitrogen and oxygen atoms in total. The molecule has 1 fully saturated rings. The first kappa shape index (κ1) is 16.0. The molecule has 3 rings (SSSR count). The van der Waals surface area contributed by atoms with E-state index in [9.17, 15) is 5.11 Å². The second-order valence-corrected chi connectivity index (χ2v) is 6.66. The van der Waals surface area contributed by atoms with Gasteiger partial charge in [-0.25, -0.2) is 0 Å². The van der Waals surface area contributed by atoms with Crippen LogP contribution in [0.1, 0.15) is 37.6 Å². The van der Waals surface area contributed by atoms with Gasteiger partial charge in [-0.1, -0.05) is 37.2 Å². The first-order chi connectivity index (χ1) is 11.0. The number of hydrogen-bond acceptors (Lipinski definition) is 5. The van der Waals surface area contributed by atoms with Crippen LogP contribution in [0, 0.1) is 0 Å². The molecule has 23 heavy (non-hydrogen) atoms. The largest absolute Gasteiger partial charge is 0.491 e. The second kappa shape index (κ2) is 6.72. The summed E-state index contributed by atoms with van der Waals surface area (Å²) in [5.41, 5.74) is 0.165. The Labute approximate surface area is 136 Å². The van der Waals surface area contributed by atoms with Crippen molar-refractivity contribution >= 4 is 0 Å². The summed E-state index contributed by atoms with van der Waals surface area (Å²) in [5, 5.41) is 14.8. The van der Waals surface area contributed by atoms with E-state index in [-0.39, 0.29) is 0 Å². The van der Waals surface area contributed by atoms with E-state index in [1.54, 1.807) is 0 Å². The van der Waals surface area contributed by atoms with Gasteiger partial charge < -0.3 is 14.4 Å². The highest BCUT2D eigenvalue weighted by atomic mass is 16.5. The van der Waals surface area contributed by atoms with Gasteiger partial charge in [-0.2, -0.15) is 0 Å². The number of rotatable bonds is 6. The highest BCUT2D eigenvalue weighted by Gasteiger charge is 2.37. The Balaban J connectivity index is 1.52. The number of benzene rings is 1. The zero-order chi connectivity index (χ0) is 16.3. The fourth-order valence-electron chi connectivity index (χ4n) is 2.82. The fraction of sp³-hybridized carbons (Fsp3) is 0.500. The van der Waals surface area contributed by atoms with E-state index in [0.29, 0.717) is 32.0 Å². The van der Waals surface area contributed by atoms with Gasteiger partial charge in [0.25, 0.3) is 0 Å². The minimum Gasteiger partial charge on any atom is -0.491 e. The fourth-order valence-corrected chi connectivity index (χ4v) is 2.82. The first-order valence-corrected chi connectivity index (χ1v) is 8.12. The lowest BCUT2D eigenvalue weighted by molar-refractivity contribution is 0.00286. The van der Waals surface area contributed by atoms with Crippen molar-refractivity contribution in [2.24, 2.45) is 0 Å². The van der Waals surface area contributed by atoms with Gasteiger partial charge in [-0.3, -0.25) is 4.90 Å². The minimum atomic E-state index is -0.809. The molecule has 2 aromatic rings. The number of β-amino-alcohol motifs (C(OH)–C–C–N with tert-alkyl or cyclic N) is 1. The summed E-state index contributed by atoms with van der Waals surface area (Å²) in [6, 6.07) is 11.6. The predicted molar refractivity (Wildman–Crippen MR) is 87.4 cm³/mol. The van der Waals surface area contributed by atoms with Crippen LogP contribution in [0.4, 0.5) is 0 Å². The van der Waals surface area contributed by atoms with Crippen molar-refractivity contribution in [1.29, 1.82) is 0 Å². The number of ether oxygens (including phenoxy) is 1. The van der Waals surface area contributed by atoms with Gasteiger partial charge in [0, 0.05) is 19.2 Å². The van der Waals surface area contributed by atoms with E-state index in [2.05, 4.69) is 23.9 Å². The molecule has 1 saturated heterocycles. The summed E-state index contributed by atoms with van der Waals surface area (Å²) in [5.74, 6) is 2.00. The Morgan fingerprint density at radius 3 is 2.83 bits per heavy atom. The van der Waals surface area contributed by atoms with Gasteiger partial charge in [-0.05, 0) is 24.5 Å². The molecule has 1 N–H and O–H groups in total. The van der Waals surface area contributed by atoms with Crippen LogP contribution >= 0.6 is 0 Å². The van der Waals surface area contributed by atoms with E-state index in [1.165, 1.54) is 0 Å². The summed E-state index contributed by atoms with van der Waals surface area (Å²) in [6.45, 7) is 6.58. The number of nitrogens with zero attached hydrogens (tertiary/aromatic N) is 2. The van der Waals surface area contributed by atoms with E-state index in [4.69, 9.17) is 9.26 Å². The molecule has 1 aromatic carbocycles. The Hall–Kier alpha value is -1.85. The maximum absolute atomic E-state index is 10.7. The molecule has 0 radical (unpaired) electrons. The normalized spacial score (nSPS) is 21.9. The number of aliphatic hydroxyl groups is 1. The number of para-hydroxylation sites is 1. The third-order valence-corrected chi connectivity index (χ3v) is 4.21. The van der Waals surface area contributed by atoms with Gasteiger partial charge in [0.05, 0.1) is 12.2 Å². The first-order valence-electron chi connectivity index (χ1n) is 8.12. The SMILES string of the molecule is CC(C)c1cc(CN2CC[C@](O)(COc3ccccc3)C2)on1. The molecule has 124 valence electrons. The third-order valence-electron chi connectivity index (χ3n) is 4.21. The third kappa shape index (κ3) is 4.12. The van der Waals surface area contributed by atoms with Crippen LogP contribution in [0.25, 0.3) is 0 Å². The van der Waals surface area contributed by atoms with E-state index in [1.807, 2.05) is 36.4 Å². The van der Waals surface area contributed by atoms with Gasteiger partial charge in [-0.15, -0.1) is 0 Å². The van der Waals surface area contributed by atoms with Crippen molar-refractivity contribution in [3.05, 3.63) is 47.9 Å². The van der Waals surface area contributed by atoms with Gasteiger partial charge in [0.15, 0.2) is 5.76 Å². The predicted octanol–water partition coefficient (Wildman–Crippen LogP) is 2.81. The summed E-state index contributed by atoms with van der Waals surface area (Å²) in [7, 11) is 0. The minimum absolute atomic E-state index is 0.307. The molecular formula is C18H24N2O3. The molecular weight excluding hydrogens is 292 g/mol. The molecule has 1 aliphatic rings. The summed E-state index contributed by atoms with van der Waals surface area (Å²) < 4.78 is 11.1. The number of likely N-dealkylation sites (tertiary alicyclic amines) is 1. The Morgan fingerprint density at radius 1 is 1.35 bits per heavy atom. The zero-order valence-corrected chi connectivity index (χ0v) is 13.7. The van der Waals surface area contributed by atoms with Crippen LogP contribution in [0.15, 0.2) is 40.9 Å². The van der Waals surface area contributed by atoms with Crippen LogP contribution in [-0.4, -0.2) is 40.5 Å². The van der Waals surface area contributed by atoms with Gasteiger partial charge in [0.2, 0.25) is 0 Å². The standard InChI is InChI=1S/C18H24N2O3/c1-14(2)17-10-16(23-19-17)11-20-9-8-18(21,12-20)13-22-15-6-4-3-5-7-15/h3-7,10,14,21H,8-9,11-13H2,1-2H3/t18-/m1/s1. The van der Waals surface area contributed by atoms with Crippen LogP contribution in [0.3, 0.4) is 0 Å². The second-order valence-electron chi connectivity index (χ2n) is 6.66. The van der Waals surface area contributed by atoms with E-state index < -0.39 is 5.60 Å². The quantitative estimate of drug-likeness (QED) is 0.888. The van der Waals surface area contributed by atoms with E-state index >= 15 is 0 Å². The highest BCUT2D eigenvalue weighted by molar-refractivity contribution is 5.21. The maximum Gasteiger partial charge on any atom is 0.150 e. The van der Waals surface area contributed by atoms with Gasteiger partial charge in [0.1, 0.15) is 18.0 Å². The smallest absolute Gasteiger partial charge is 0.150 e. The van der Waals surface area contributed by atoms with Crippen LogP contribution < -0.4 is 4.74 Å². The summed E-state index contributed by atoms with van der Waals surface area (Å²) >= 11 is 0. The molecule has 0 saturated carbocycles. The molecule has 1 aliphatic heterocycles. The lowest BCUT2D eigenvalue weighted by Crippen LogP contribution is -2.39. The monoisotopic (exact) mass is 316 g/mol. The van der Waals surface area contributed by atoms with Crippen LogP contribution in [0.2, 0.25) is 0 Å². The van der Waals surface area contributed by atoms with Crippen molar-refractivity contribution < 1.29 is 14.4 Å². The average molecular weight is 316 g/mol. The molecule has 0 spiro atoms. The molecule has 1 aromatic heterocycles. The summed E-state index contributed by atoms with van der Waals surface area (Å²) in [4.78, 5) is 2.18. The number of hydrogen-bond donors (Lipinski definition) is 1. The highest BCUT2D eigenvalue weighted by Crippen LogP contribution is 2.25. The van der Waals surface area contributed by atoms with Crippen molar-refractivity contribution in [1.82, 2.24) is 10.1 Å². The zero-order valence-electron chi connectivity index (χ0n) is 13.7. The number of aromatic nitrogens is 1. The molecule has 5 heteroatoms. The Bertz CT molecular complexity index is 626. The van der Waals surface area contributed by atoms with E-state index in [0.717, 1.165) is 23.7 Å². The topological polar surface area (TPSA) is 58.7 Å². The molecule has 0 unspecified atom stereocenters. The Morgan fingerprint density at radius 2 is 2.13 bits per heavy atom. The van der Waals surface area contributed by atoms with Crippen molar-refractivity contribution in [2.45, 2.75) is 38.3 Å². The molecule has 0 amide bonds. The maximum atomic E-state index is 10.7. The molecule has 1 atom stereocenters. The molecule has 0 aliphatic carbocycles. The summed E-state index contributed by atoms with van der Waals surface area (Å²) in [6.07, 6.45) is 0.699. The molecule has 2 heterocycles. The average Bonchev–Trinajstić information content (AvgIpc) is 3.15. The van der Waals surface area contributed by atoms with Crippen molar-refractivity contribution in [2.75, 3.05) is 19.7 Å².